The Hall–Kier alpha value is -2.84. The highest BCUT2D eigenvalue weighted by molar-refractivity contribution is 5.89. The summed E-state index contributed by atoms with van der Waals surface area (Å²) in [6, 6.07) is 15.7. The molecule has 0 aliphatic carbocycles. The van der Waals surface area contributed by atoms with Crippen molar-refractivity contribution in [2.45, 2.75) is 19.6 Å². The Morgan fingerprint density at radius 2 is 1.82 bits per heavy atom. The fourth-order valence-corrected chi connectivity index (χ4v) is 1.90. The van der Waals surface area contributed by atoms with E-state index in [1.165, 1.54) is 0 Å². The lowest BCUT2D eigenvalue weighted by Crippen LogP contribution is -2.28. The zero-order chi connectivity index (χ0) is 15.9. The minimum Gasteiger partial charge on any atom is -0.389 e. The third-order valence-corrected chi connectivity index (χ3v) is 3.19. The van der Waals surface area contributed by atoms with Crippen molar-refractivity contribution < 1.29 is 9.90 Å². The summed E-state index contributed by atoms with van der Waals surface area (Å²) < 4.78 is 0. The van der Waals surface area contributed by atoms with Gasteiger partial charge >= 0.3 is 6.03 Å². The number of nitrogens with zero attached hydrogens (tertiary/aromatic N) is 1. The second kappa shape index (κ2) is 7.25. The number of amides is 2. The largest absolute Gasteiger partial charge is 0.389 e. The predicted molar refractivity (Wildman–Crippen MR) is 84.1 cm³/mol. The van der Waals surface area contributed by atoms with Gasteiger partial charge in [-0.1, -0.05) is 24.3 Å². The average Bonchev–Trinajstić information content (AvgIpc) is 2.54. The van der Waals surface area contributed by atoms with Crippen LogP contribution in [-0.2, 0) is 6.54 Å². The molecule has 0 bridgehead atoms. The number of carbonyl (C=O) groups excluding carboxylic acids is 1. The van der Waals surface area contributed by atoms with Crippen LogP contribution in [0.15, 0.2) is 48.5 Å². The topological polar surface area (TPSA) is 85.2 Å². The van der Waals surface area contributed by atoms with E-state index in [1.807, 2.05) is 30.3 Å². The molecule has 0 aromatic heterocycles. The highest BCUT2D eigenvalue weighted by atomic mass is 16.3. The van der Waals surface area contributed by atoms with Crippen molar-refractivity contribution >= 4 is 11.7 Å². The number of rotatable bonds is 4. The van der Waals surface area contributed by atoms with Crippen LogP contribution in [0.5, 0.6) is 0 Å². The lowest BCUT2D eigenvalue weighted by Gasteiger charge is -2.09. The number of anilines is 1. The number of aliphatic hydroxyl groups excluding tert-OH is 1. The molecule has 0 spiro atoms. The maximum atomic E-state index is 11.8. The first-order valence-electron chi connectivity index (χ1n) is 6.90. The van der Waals surface area contributed by atoms with Gasteiger partial charge in [0.25, 0.3) is 0 Å². The molecule has 2 aromatic rings. The van der Waals surface area contributed by atoms with Gasteiger partial charge in [0.15, 0.2) is 0 Å². The summed E-state index contributed by atoms with van der Waals surface area (Å²) >= 11 is 0. The molecule has 2 aromatic carbocycles. The molecule has 22 heavy (non-hydrogen) atoms. The van der Waals surface area contributed by atoms with Crippen LogP contribution in [0.2, 0.25) is 0 Å². The molecule has 0 saturated heterocycles. The third kappa shape index (κ3) is 4.33. The van der Waals surface area contributed by atoms with E-state index in [0.29, 0.717) is 17.8 Å². The molecule has 1 unspecified atom stereocenters. The van der Waals surface area contributed by atoms with Gasteiger partial charge in [-0.3, -0.25) is 0 Å². The Morgan fingerprint density at radius 3 is 2.36 bits per heavy atom. The number of aliphatic hydroxyl groups is 1. The lowest BCUT2D eigenvalue weighted by atomic mass is 10.1. The molecule has 2 amide bonds. The van der Waals surface area contributed by atoms with Crippen molar-refractivity contribution in [1.29, 1.82) is 5.26 Å². The summed E-state index contributed by atoms with van der Waals surface area (Å²) in [5.41, 5.74) is 2.95. The molecule has 5 nitrogen and oxygen atoms in total. The first kappa shape index (κ1) is 15.5. The second-order valence-corrected chi connectivity index (χ2v) is 4.91. The smallest absolute Gasteiger partial charge is 0.319 e. The van der Waals surface area contributed by atoms with E-state index in [9.17, 15) is 9.90 Å². The van der Waals surface area contributed by atoms with Gasteiger partial charge in [-0.05, 0) is 42.3 Å². The minimum atomic E-state index is -0.498. The molecular weight excluding hydrogens is 278 g/mol. The standard InChI is InChI=1S/C17H17N3O2/c1-12(21)15-6-2-14(3-7-15)11-19-17(22)20-16-8-4-13(10-18)5-9-16/h2-9,12,21H,11H2,1H3,(H2,19,20,22). The molecule has 1 atom stereocenters. The number of urea groups is 1. The summed E-state index contributed by atoms with van der Waals surface area (Å²) in [6.07, 6.45) is -0.498. The van der Waals surface area contributed by atoms with Crippen LogP contribution in [0.1, 0.15) is 29.7 Å². The fraction of sp³-hybridized carbons (Fsp3) is 0.176. The van der Waals surface area contributed by atoms with Gasteiger partial charge in [0.05, 0.1) is 17.7 Å². The van der Waals surface area contributed by atoms with E-state index >= 15 is 0 Å². The third-order valence-electron chi connectivity index (χ3n) is 3.19. The van der Waals surface area contributed by atoms with Crippen LogP contribution in [-0.4, -0.2) is 11.1 Å². The van der Waals surface area contributed by atoms with Gasteiger partial charge in [-0.15, -0.1) is 0 Å². The van der Waals surface area contributed by atoms with E-state index in [0.717, 1.165) is 11.1 Å². The van der Waals surface area contributed by atoms with Gasteiger partial charge in [-0.2, -0.15) is 5.26 Å². The first-order chi connectivity index (χ1) is 10.6. The van der Waals surface area contributed by atoms with Crippen molar-refractivity contribution in [1.82, 2.24) is 5.32 Å². The maximum Gasteiger partial charge on any atom is 0.319 e. The quantitative estimate of drug-likeness (QED) is 0.810. The molecular formula is C17H17N3O2. The minimum absolute atomic E-state index is 0.315. The summed E-state index contributed by atoms with van der Waals surface area (Å²) in [4.78, 5) is 11.8. The van der Waals surface area contributed by atoms with Gasteiger partial charge in [0, 0.05) is 12.2 Å². The molecule has 0 saturated carbocycles. The van der Waals surface area contributed by atoms with E-state index < -0.39 is 6.10 Å². The number of nitriles is 1. The average molecular weight is 295 g/mol. The van der Waals surface area contributed by atoms with Gasteiger partial charge in [-0.25, -0.2) is 4.79 Å². The molecule has 0 fully saturated rings. The molecule has 0 radical (unpaired) electrons. The Morgan fingerprint density at radius 1 is 1.18 bits per heavy atom. The van der Waals surface area contributed by atoms with Crippen molar-refractivity contribution in [3.05, 3.63) is 65.2 Å². The van der Waals surface area contributed by atoms with Crippen molar-refractivity contribution in [2.75, 3.05) is 5.32 Å². The zero-order valence-corrected chi connectivity index (χ0v) is 12.2. The van der Waals surface area contributed by atoms with Crippen LogP contribution >= 0.6 is 0 Å². The van der Waals surface area contributed by atoms with E-state index in [-0.39, 0.29) is 6.03 Å². The molecule has 2 rings (SSSR count). The number of nitrogens with one attached hydrogen (secondary N) is 2. The van der Waals surface area contributed by atoms with Crippen molar-refractivity contribution in [3.8, 4) is 6.07 Å². The zero-order valence-electron chi connectivity index (χ0n) is 12.2. The maximum absolute atomic E-state index is 11.8. The predicted octanol–water partition coefficient (Wildman–Crippen LogP) is 2.93. The highest BCUT2D eigenvalue weighted by Gasteiger charge is 2.03. The first-order valence-corrected chi connectivity index (χ1v) is 6.90. The van der Waals surface area contributed by atoms with Crippen LogP contribution in [0.3, 0.4) is 0 Å². The summed E-state index contributed by atoms with van der Waals surface area (Å²) in [5, 5.41) is 23.6. The number of benzene rings is 2. The molecule has 112 valence electrons. The second-order valence-electron chi connectivity index (χ2n) is 4.91. The SMILES string of the molecule is CC(O)c1ccc(CNC(=O)Nc2ccc(C#N)cc2)cc1. The van der Waals surface area contributed by atoms with Gasteiger partial charge in [0.2, 0.25) is 0 Å². The van der Waals surface area contributed by atoms with Crippen LogP contribution < -0.4 is 10.6 Å². The molecule has 3 N–H and O–H groups in total. The molecule has 5 heteroatoms. The highest BCUT2D eigenvalue weighted by Crippen LogP contribution is 2.13. The fourth-order valence-electron chi connectivity index (χ4n) is 1.90. The van der Waals surface area contributed by atoms with E-state index in [2.05, 4.69) is 10.6 Å². The number of hydrogen-bond donors (Lipinski definition) is 3. The van der Waals surface area contributed by atoms with Crippen LogP contribution in [0, 0.1) is 11.3 Å². The van der Waals surface area contributed by atoms with Gasteiger partial charge in [0.1, 0.15) is 0 Å². The number of hydrogen-bond acceptors (Lipinski definition) is 3. The van der Waals surface area contributed by atoms with Crippen molar-refractivity contribution in [3.63, 3.8) is 0 Å². The van der Waals surface area contributed by atoms with Crippen molar-refractivity contribution in [2.24, 2.45) is 0 Å². The van der Waals surface area contributed by atoms with E-state index in [1.54, 1.807) is 31.2 Å². The lowest BCUT2D eigenvalue weighted by molar-refractivity contribution is 0.199. The molecule has 0 aliphatic rings. The molecule has 0 aliphatic heterocycles. The summed E-state index contributed by atoms with van der Waals surface area (Å²) in [6.45, 7) is 2.10. The Labute approximate surface area is 129 Å². The van der Waals surface area contributed by atoms with Crippen LogP contribution in [0.4, 0.5) is 10.5 Å². The Bertz CT molecular complexity index is 671. The molecule has 0 heterocycles. The van der Waals surface area contributed by atoms with Gasteiger partial charge < -0.3 is 15.7 Å². The normalized spacial score (nSPS) is 11.3. The Balaban J connectivity index is 1.85. The summed E-state index contributed by atoms with van der Waals surface area (Å²) in [7, 11) is 0. The monoisotopic (exact) mass is 295 g/mol. The Kier molecular flexibility index (Phi) is 5.12. The van der Waals surface area contributed by atoms with E-state index in [4.69, 9.17) is 5.26 Å². The number of carbonyl (C=O) groups is 1. The summed E-state index contributed by atoms with van der Waals surface area (Å²) in [5.74, 6) is 0. The van der Waals surface area contributed by atoms with Crippen LogP contribution in [0.25, 0.3) is 0 Å².